The number of benzene rings is 1. The fraction of sp³-hybridized carbons (Fsp3) is 0.500. The van der Waals surface area contributed by atoms with Gasteiger partial charge in [0.15, 0.2) is 0 Å². The van der Waals surface area contributed by atoms with Gasteiger partial charge in [-0.3, -0.25) is 4.79 Å². The van der Waals surface area contributed by atoms with Gasteiger partial charge in [-0.15, -0.1) is 0 Å². The van der Waals surface area contributed by atoms with Crippen LogP contribution in [-0.2, 0) is 4.79 Å². The summed E-state index contributed by atoms with van der Waals surface area (Å²) in [5, 5.41) is 3.36. The van der Waals surface area contributed by atoms with Gasteiger partial charge < -0.3 is 11.1 Å². The van der Waals surface area contributed by atoms with Crippen molar-refractivity contribution in [2.45, 2.75) is 27.7 Å². The van der Waals surface area contributed by atoms with Crippen LogP contribution in [0.4, 0.5) is 11.4 Å². The van der Waals surface area contributed by atoms with Crippen LogP contribution in [0.2, 0.25) is 5.02 Å². The molecule has 3 N–H and O–H groups in total. The van der Waals surface area contributed by atoms with E-state index in [-0.39, 0.29) is 22.7 Å². The van der Waals surface area contributed by atoms with Gasteiger partial charge in [0.25, 0.3) is 0 Å². The largest absolute Gasteiger partial charge is 0.399 e. The quantitative estimate of drug-likeness (QED) is 0.805. The SMILES string of the molecule is CC1(C)C(C(=O)Nc2ccc(N)cc2Cl)C1(C)C. The summed E-state index contributed by atoms with van der Waals surface area (Å²) in [6.07, 6.45) is 0. The van der Waals surface area contributed by atoms with E-state index in [4.69, 9.17) is 17.3 Å². The van der Waals surface area contributed by atoms with E-state index in [2.05, 4.69) is 33.0 Å². The van der Waals surface area contributed by atoms with Gasteiger partial charge in [-0.2, -0.15) is 0 Å². The molecule has 1 aromatic carbocycles. The van der Waals surface area contributed by atoms with E-state index in [1.807, 2.05) is 0 Å². The summed E-state index contributed by atoms with van der Waals surface area (Å²) < 4.78 is 0. The minimum Gasteiger partial charge on any atom is -0.399 e. The maximum Gasteiger partial charge on any atom is 0.228 e. The molecule has 0 radical (unpaired) electrons. The Hall–Kier alpha value is -1.22. The summed E-state index contributed by atoms with van der Waals surface area (Å²) in [4.78, 5) is 12.2. The molecule has 98 valence electrons. The van der Waals surface area contributed by atoms with Crippen LogP contribution in [0, 0.1) is 16.7 Å². The first kappa shape index (κ1) is 13.2. The van der Waals surface area contributed by atoms with Gasteiger partial charge in [0, 0.05) is 11.6 Å². The van der Waals surface area contributed by atoms with Crippen molar-refractivity contribution in [3.63, 3.8) is 0 Å². The van der Waals surface area contributed by atoms with E-state index in [0.717, 1.165) is 0 Å². The van der Waals surface area contributed by atoms with Crippen LogP contribution in [0.15, 0.2) is 18.2 Å². The molecule has 3 nitrogen and oxygen atoms in total. The van der Waals surface area contributed by atoms with Crippen LogP contribution in [0.25, 0.3) is 0 Å². The zero-order valence-corrected chi connectivity index (χ0v) is 11.9. The number of nitrogen functional groups attached to an aromatic ring is 1. The van der Waals surface area contributed by atoms with Crippen molar-refractivity contribution in [2.75, 3.05) is 11.1 Å². The van der Waals surface area contributed by atoms with Gasteiger partial charge in [0.05, 0.1) is 10.7 Å². The maximum atomic E-state index is 12.2. The Morgan fingerprint density at radius 2 is 1.83 bits per heavy atom. The lowest BCUT2D eigenvalue weighted by molar-refractivity contribution is -0.118. The average Bonchev–Trinajstić information content (AvgIpc) is 2.62. The van der Waals surface area contributed by atoms with Crippen molar-refractivity contribution in [3.8, 4) is 0 Å². The number of rotatable bonds is 2. The molecule has 0 unspecified atom stereocenters. The second-order valence-corrected chi connectivity index (χ2v) is 6.51. The van der Waals surface area contributed by atoms with Crippen LogP contribution < -0.4 is 11.1 Å². The monoisotopic (exact) mass is 266 g/mol. The Bertz CT molecular complexity index is 495. The molecular weight excluding hydrogens is 248 g/mol. The van der Waals surface area contributed by atoms with Gasteiger partial charge in [-0.05, 0) is 29.0 Å². The Morgan fingerprint density at radius 1 is 1.28 bits per heavy atom. The third-order valence-electron chi connectivity index (χ3n) is 4.53. The second-order valence-electron chi connectivity index (χ2n) is 6.10. The first-order chi connectivity index (χ1) is 8.18. The summed E-state index contributed by atoms with van der Waals surface area (Å²) in [5.74, 6) is 0.0373. The molecule has 1 aliphatic carbocycles. The van der Waals surface area contributed by atoms with Gasteiger partial charge in [-0.1, -0.05) is 39.3 Å². The molecule has 0 aromatic heterocycles. The van der Waals surface area contributed by atoms with Gasteiger partial charge in [-0.25, -0.2) is 0 Å². The summed E-state index contributed by atoms with van der Waals surface area (Å²) in [6.45, 7) is 8.45. The van der Waals surface area contributed by atoms with Crippen LogP contribution >= 0.6 is 11.6 Å². The minimum atomic E-state index is 0.0126. The Balaban J connectivity index is 2.14. The van der Waals surface area contributed by atoms with Crippen LogP contribution in [-0.4, -0.2) is 5.91 Å². The molecule has 0 spiro atoms. The van der Waals surface area contributed by atoms with E-state index < -0.39 is 0 Å². The topological polar surface area (TPSA) is 55.1 Å². The predicted molar refractivity (Wildman–Crippen MR) is 75.5 cm³/mol. The van der Waals surface area contributed by atoms with Crippen molar-refractivity contribution < 1.29 is 4.79 Å². The Morgan fingerprint density at radius 3 is 2.28 bits per heavy atom. The number of nitrogens with one attached hydrogen (secondary N) is 1. The lowest BCUT2D eigenvalue weighted by atomic mass is 10.0. The third-order valence-corrected chi connectivity index (χ3v) is 4.85. The van der Waals surface area contributed by atoms with Crippen molar-refractivity contribution in [2.24, 2.45) is 16.7 Å². The fourth-order valence-electron chi connectivity index (χ4n) is 2.69. The second kappa shape index (κ2) is 3.89. The van der Waals surface area contributed by atoms with E-state index in [0.29, 0.717) is 16.4 Å². The standard InChI is InChI=1S/C14H19ClN2O/c1-13(2)11(14(13,3)4)12(18)17-10-6-5-8(16)7-9(10)15/h5-7,11H,16H2,1-4H3,(H,17,18). The molecule has 1 aliphatic rings. The molecule has 18 heavy (non-hydrogen) atoms. The fourth-order valence-corrected chi connectivity index (χ4v) is 2.93. The van der Waals surface area contributed by atoms with Crippen molar-refractivity contribution >= 4 is 28.9 Å². The zero-order chi connectivity index (χ0) is 13.7. The highest BCUT2D eigenvalue weighted by Crippen LogP contribution is 2.68. The summed E-state index contributed by atoms with van der Waals surface area (Å²) in [5.41, 5.74) is 6.88. The molecule has 1 fully saturated rings. The summed E-state index contributed by atoms with van der Waals surface area (Å²) in [7, 11) is 0. The lowest BCUT2D eigenvalue weighted by Gasteiger charge is -2.08. The smallest absolute Gasteiger partial charge is 0.228 e. The van der Waals surface area contributed by atoms with E-state index in [9.17, 15) is 4.79 Å². The van der Waals surface area contributed by atoms with Crippen molar-refractivity contribution in [1.82, 2.24) is 0 Å². The van der Waals surface area contributed by atoms with Crippen LogP contribution in [0.3, 0.4) is 0 Å². The molecule has 0 bridgehead atoms. The van der Waals surface area contributed by atoms with Crippen molar-refractivity contribution in [3.05, 3.63) is 23.2 Å². The summed E-state index contributed by atoms with van der Waals surface area (Å²) >= 11 is 6.05. The number of hydrogen-bond acceptors (Lipinski definition) is 2. The number of halogens is 1. The first-order valence-electron chi connectivity index (χ1n) is 6.04. The molecule has 0 saturated heterocycles. The normalized spacial score (nSPS) is 20.5. The van der Waals surface area contributed by atoms with Gasteiger partial charge >= 0.3 is 0 Å². The highest BCUT2D eigenvalue weighted by Gasteiger charge is 2.68. The number of hydrogen-bond donors (Lipinski definition) is 2. The third kappa shape index (κ3) is 1.87. The molecule has 1 aromatic rings. The minimum absolute atomic E-state index is 0.0126. The lowest BCUT2D eigenvalue weighted by Crippen LogP contribution is -2.17. The van der Waals surface area contributed by atoms with E-state index >= 15 is 0 Å². The summed E-state index contributed by atoms with van der Waals surface area (Å²) in [6, 6.07) is 5.10. The Kier molecular flexibility index (Phi) is 2.85. The molecule has 4 heteroatoms. The molecule has 0 aliphatic heterocycles. The van der Waals surface area contributed by atoms with Crippen LogP contribution in [0.5, 0.6) is 0 Å². The highest BCUT2D eigenvalue weighted by atomic mass is 35.5. The van der Waals surface area contributed by atoms with E-state index in [1.54, 1.807) is 18.2 Å². The number of carbonyl (C=O) groups excluding carboxylic acids is 1. The van der Waals surface area contributed by atoms with Gasteiger partial charge in [0.1, 0.15) is 0 Å². The molecular formula is C14H19ClN2O. The molecule has 2 rings (SSSR count). The number of amides is 1. The first-order valence-corrected chi connectivity index (χ1v) is 6.41. The van der Waals surface area contributed by atoms with E-state index in [1.165, 1.54) is 0 Å². The predicted octanol–water partition coefficient (Wildman–Crippen LogP) is 3.54. The number of carbonyl (C=O) groups is 1. The molecule has 1 amide bonds. The Labute approximate surface area is 113 Å². The number of anilines is 2. The maximum absolute atomic E-state index is 12.2. The van der Waals surface area contributed by atoms with Crippen molar-refractivity contribution in [1.29, 1.82) is 0 Å². The number of nitrogens with two attached hydrogens (primary N) is 1. The van der Waals surface area contributed by atoms with Gasteiger partial charge in [0.2, 0.25) is 5.91 Å². The molecule has 0 heterocycles. The highest BCUT2D eigenvalue weighted by molar-refractivity contribution is 6.34. The average molecular weight is 267 g/mol. The van der Waals surface area contributed by atoms with Crippen LogP contribution in [0.1, 0.15) is 27.7 Å². The molecule has 0 atom stereocenters. The zero-order valence-electron chi connectivity index (χ0n) is 11.2. The molecule has 1 saturated carbocycles.